The first-order chi connectivity index (χ1) is 14.7. The zero-order chi connectivity index (χ0) is 22.7. The first-order valence-electron chi connectivity index (χ1n) is 9.82. The standard InChI is InChI=1S/C21H23N3O6S/c1-11-8-9-15(24(28)29)19(12(11)2)23-17(26)10-30-21(27)18-14-6-4-5-7-16(14)31-20(18)22-13(3)25/h8-9H,4-7,10H2,1-3H3,(H,22,25)(H,23,26). The van der Waals surface area contributed by atoms with Gasteiger partial charge in [-0.15, -0.1) is 11.3 Å². The van der Waals surface area contributed by atoms with Gasteiger partial charge in [-0.3, -0.25) is 19.7 Å². The van der Waals surface area contributed by atoms with E-state index in [-0.39, 0.29) is 17.3 Å². The number of nitrogens with zero attached hydrogens (tertiary/aromatic N) is 1. The molecule has 0 spiro atoms. The number of fused-ring (bicyclic) bond motifs is 1. The van der Waals surface area contributed by atoms with Crippen molar-refractivity contribution >= 4 is 45.5 Å². The van der Waals surface area contributed by atoms with Crippen molar-refractivity contribution in [1.82, 2.24) is 0 Å². The molecule has 1 aliphatic rings. The Morgan fingerprint density at radius 2 is 1.87 bits per heavy atom. The number of thiophene rings is 1. The van der Waals surface area contributed by atoms with Crippen LogP contribution >= 0.6 is 11.3 Å². The molecule has 2 aromatic rings. The molecule has 31 heavy (non-hydrogen) atoms. The minimum atomic E-state index is -0.700. The van der Waals surface area contributed by atoms with Crippen molar-refractivity contribution in [2.75, 3.05) is 17.2 Å². The maximum Gasteiger partial charge on any atom is 0.341 e. The molecular weight excluding hydrogens is 422 g/mol. The third-order valence-corrected chi connectivity index (χ3v) is 6.38. The molecule has 0 bridgehead atoms. The van der Waals surface area contributed by atoms with E-state index in [9.17, 15) is 24.5 Å². The van der Waals surface area contributed by atoms with Crippen molar-refractivity contribution in [2.45, 2.75) is 46.5 Å². The molecule has 1 heterocycles. The number of aryl methyl sites for hydroxylation is 2. The van der Waals surface area contributed by atoms with Crippen LogP contribution in [0.25, 0.3) is 0 Å². The molecule has 1 aromatic carbocycles. The summed E-state index contributed by atoms with van der Waals surface area (Å²) in [5.74, 6) is -1.68. The molecule has 0 radical (unpaired) electrons. The quantitative estimate of drug-likeness (QED) is 0.394. The molecule has 164 valence electrons. The highest BCUT2D eigenvalue weighted by Crippen LogP contribution is 2.38. The third kappa shape index (κ3) is 4.91. The molecule has 2 N–H and O–H groups in total. The topological polar surface area (TPSA) is 128 Å². The van der Waals surface area contributed by atoms with E-state index in [1.807, 2.05) is 0 Å². The Balaban J connectivity index is 1.76. The van der Waals surface area contributed by atoms with Crippen molar-refractivity contribution in [2.24, 2.45) is 0 Å². The van der Waals surface area contributed by atoms with Gasteiger partial charge in [-0.1, -0.05) is 6.07 Å². The second kappa shape index (κ2) is 9.25. The van der Waals surface area contributed by atoms with Crippen molar-refractivity contribution < 1.29 is 24.0 Å². The van der Waals surface area contributed by atoms with E-state index in [1.165, 1.54) is 24.3 Å². The summed E-state index contributed by atoms with van der Waals surface area (Å²) in [5, 5.41) is 16.9. The highest BCUT2D eigenvalue weighted by molar-refractivity contribution is 7.17. The molecule has 0 saturated heterocycles. The number of hydrogen-bond acceptors (Lipinski definition) is 7. The summed E-state index contributed by atoms with van der Waals surface area (Å²) in [7, 11) is 0. The smallest absolute Gasteiger partial charge is 0.341 e. The van der Waals surface area contributed by atoms with E-state index < -0.39 is 23.4 Å². The number of amides is 2. The lowest BCUT2D eigenvalue weighted by Gasteiger charge is -2.13. The van der Waals surface area contributed by atoms with E-state index >= 15 is 0 Å². The van der Waals surface area contributed by atoms with E-state index in [1.54, 1.807) is 19.9 Å². The zero-order valence-electron chi connectivity index (χ0n) is 17.5. The number of esters is 1. The molecule has 2 amide bonds. The van der Waals surface area contributed by atoms with E-state index in [2.05, 4.69) is 10.6 Å². The molecule has 0 fully saturated rings. The average molecular weight is 445 g/mol. The van der Waals surface area contributed by atoms with Crippen LogP contribution in [-0.2, 0) is 27.2 Å². The second-order valence-electron chi connectivity index (χ2n) is 7.38. The van der Waals surface area contributed by atoms with Gasteiger partial charge in [0.2, 0.25) is 5.91 Å². The Hall–Kier alpha value is -3.27. The van der Waals surface area contributed by atoms with Gasteiger partial charge in [0.15, 0.2) is 6.61 Å². The van der Waals surface area contributed by atoms with Crippen molar-refractivity contribution in [3.8, 4) is 0 Å². The van der Waals surface area contributed by atoms with Crippen LogP contribution in [-0.4, -0.2) is 29.3 Å². The molecule has 0 aliphatic heterocycles. The number of benzene rings is 1. The number of nitro benzene ring substituents is 1. The zero-order valence-corrected chi connectivity index (χ0v) is 18.3. The summed E-state index contributed by atoms with van der Waals surface area (Å²) < 4.78 is 5.21. The van der Waals surface area contributed by atoms with Crippen LogP contribution < -0.4 is 10.6 Å². The monoisotopic (exact) mass is 445 g/mol. The molecule has 0 atom stereocenters. The molecular formula is C21H23N3O6S. The van der Waals surface area contributed by atoms with Crippen molar-refractivity contribution in [1.29, 1.82) is 0 Å². The first kappa shape index (κ1) is 22.4. The Morgan fingerprint density at radius 3 is 2.55 bits per heavy atom. The number of hydrogen-bond donors (Lipinski definition) is 2. The number of carbonyl (C=O) groups is 3. The molecule has 9 nitrogen and oxygen atoms in total. The lowest BCUT2D eigenvalue weighted by Crippen LogP contribution is -2.23. The van der Waals surface area contributed by atoms with Gasteiger partial charge in [0.25, 0.3) is 11.6 Å². The molecule has 1 aliphatic carbocycles. The number of ether oxygens (including phenoxy) is 1. The minimum Gasteiger partial charge on any atom is -0.452 e. The Bertz CT molecular complexity index is 1080. The molecule has 0 unspecified atom stereocenters. The van der Waals surface area contributed by atoms with Gasteiger partial charge < -0.3 is 15.4 Å². The number of anilines is 2. The summed E-state index contributed by atoms with van der Waals surface area (Å²) in [6.07, 6.45) is 3.48. The summed E-state index contributed by atoms with van der Waals surface area (Å²) in [5.41, 5.74) is 2.34. The van der Waals surface area contributed by atoms with Crippen LogP contribution in [0.5, 0.6) is 0 Å². The van der Waals surface area contributed by atoms with Gasteiger partial charge in [-0.2, -0.15) is 0 Å². The van der Waals surface area contributed by atoms with Crippen molar-refractivity contribution in [3.63, 3.8) is 0 Å². The van der Waals surface area contributed by atoms with Crippen LogP contribution in [0.2, 0.25) is 0 Å². The summed E-state index contributed by atoms with van der Waals surface area (Å²) >= 11 is 1.36. The Labute approximate surface area is 182 Å². The van der Waals surface area contributed by atoms with Crippen LogP contribution in [0.1, 0.15) is 51.7 Å². The largest absolute Gasteiger partial charge is 0.452 e. The Kier molecular flexibility index (Phi) is 6.69. The third-order valence-electron chi connectivity index (χ3n) is 5.17. The fourth-order valence-corrected chi connectivity index (χ4v) is 4.84. The maximum atomic E-state index is 12.8. The number of rotatable bonds is 6. The molecule has 1 aromatic heterocycles. The fourth-order valence-electron chi connectivity index (χ4n) is 3.52. The van der Waals surface area contributed by atoms with Crippen LogP contribution in [0.15, 0.2) is 12.1 Å². The maximum absolute atomic E-state index is 12.8. The number of nitro groups is 1. The van der Waals surface area contributed by atoms with Gasteiger partial charge in [0, 0.05) is 17.9 Å². The fraction of sp³-hybridized carbons (Fsp3) is 0.381. The lowest BCUT2D eigenvalue weighted by molar-refractivity contribution is -0.384. The first-order valence-corrected chi connectivity index (χ1v) is 10.6. The number of nitrogens with one attached hydrogen (secondary N) is 2. The molecule has 0 saturated carbocycles. The van der Waals surface area contributed by atoms with Crippen LogP contribution in [0.4, 0.5) is 16.4 Å². The summed E-state index contributed by atoms with van der Waals surface area (Å²) in [6, 6.07) is 2.92. The summed E-state index contributed by atoms with van der Waals surface area (Å²) in [4.78, 5) is 48.5. The highest BCUT2D eigenvalue weighted by atomic mass is 32.1. The minimum absolute atomic E-state index is 0.0814. The molecule has 10 heteroatoms. The lowest BCUT2D eigenvalue weighted by atomic mass is 9.95. The highest BCUT2D eigenvalue weighted by Gasteiger charge is 2.28. The summed E-state index contributed by atoms with van der Waals surface area (Å²) in [6.45, 7) is 4.20. The Morgan fingerprint density at radius 1 is 1.16 bits per heavy atom. The van der Waals surface area contributed by atoms with E-state index in [4.69, 9.17) is 4.74 Å². The van der Waals surface area contributed by atoms with Gasteiger partial charge in [-0.25, -0.2) is 4.79 Å². The van der Waals surface area contributed by atoms with Gasteiger partial charge in [0.05, 0.1) is 10.5 Å². The van der Waals surface area contributed by atoms with E-state index in [0.717, 1.165) is 35.3 Å². The predicted octanol–water partition coefficient (Wildman–Crippen LogP) is 3.91. The van der Waals surface area contributed by atoms with Crippen LogP contribution in [0.3, 0.4) is 0 Å². The van der Waals surface area contributed by atoms with E-state index in [0.29, 0.717) is 22.5 Å². The SMILES string of the molecule is CC(=O)Nc1sc2c(c1C(=O)OCC(=O)Nc1c([N+](=O)[O-])ccc(C)c1C)CCCC2. The second-order valence-corrected chi connectivity index (χ2v) is 8.48. The normalized spacial score (nSPS) is 12.6. The molecule has 3 rings (SSSR count). The van der Waals surface area contributed by atoms with Crippen molar-refractivity contribution in [3.05, 3.63) is 49.4 Å². The van der Waals surface area contributed by atoms with Gasteiger partial charge in [-0.05, 0) is 56.2 Å². The van der Waals surface area contributed by atoms with Gasteiger partial charge >= 0.3 is 5.97 Å². The predicted molar refractivity (Wildman–Crippen MR) is 117 cm³/mol. The van der Waals surface area contributed by atoms with Crippen LogP contribution in [0, 0.1) is 24.0 Å². The average Bonchev–Trinajstić information content (AvgIpc) is 3.06. The van der Waals surface area contributed by atoms with Gasteiger partial charge in [0.1, 0.15) is 10.7 Å². The number of carbonyl (C=O) groups excluding carboxylic acids is 3.